The smallest absolute Gasteiger partial charge is 0.317 e. The number of rotatable bonds is 7. The number of para-hydroxylation sites is 1. The van der Waals surface area contributed by atoms with Gasteiger partial charge in [0.25, 0.3) is 5.91 Å². The van der Waals surface area contributed by atoms with Crippen LogP contribution in [0.4, 0.5) is 10.5 Å². The summed E-state index contributed by atoms with van der Waals surface area (Å²) < 4.78 is 6.48. The van der Waals surface area contributed by atoms with Gasteiger partial charge in [0.1, 0.15) is 6.10 Å². The van der Waals surface area contributed by atoms with Crippen LogP contribution in [0, 0.1) is 11.8 Å². The van der Waals surface area contributed by atoms with Crippen LogP contribution in [-0.2, 0) is 4.79 Å². The molecule has 0 aromatic heterocycles. The van der Waals surface area contributed by atoms with Crippen LogP contribution < -0.4 is 15.4 Å². The van der Waals surface area contributed by atoms with Gasteiger partial charge in [-0.3, -0.25) is 9.59 Å². The predicted octanol–water partition coefficient (Wildman–Crippen LogP) is 3.48. The molecule has 9 nitrogen and oxygen atoms in total. The first-order valence-corrected chi connectivity index (χ1v) is 13.2. The lowest BCUT2D eigenvalue weighted by Gasteiger charge is -2.38. The highest BCUT2D eigenvalue weighted by Crippen LogP contribution is 2.36. The molecule has 2 aliphatic rings. The van der Waals surface area contributed by atoms with Crippen molar-refractivity contribution < 1.29 is 24.2 Å². The fourth-order valence-corrected chi connectivity index (χ4v) is 4.87. The lowest BCUT2D eigenvalue weighted by atomic mass is 9.88. The van der Waals surface area contributed by atoms with Crippen molar-refractivity contribution >= 4 is 23.5 Å². The van der Waals surface area contributed by atoms with Gasteiger partial charge in [0.2, 0.25) is 5.91 Å². The Kier molecular flexibility index (Phi) is 9.59. The molecule has 1 aliphatic heterocycles. The monoisotopic (exact) mass is 502 g/mol. The van der Waals surface area contributed by atoms with Crippen LogP contribution in [0.3, 0.4) is 0 Å². The zero-order valence-electron chi connectivity index (χ0n) is 22.3. The number of nitrogens with one attached hydrogen (secondary N) is 2. The number of aliphatic hydroxyl groups is 1. The number of fused-ring (bicyclic) bond motifs is 1. The minimum atomic E-state index is -0.444. The van der Waals surface area contributed by atoms with Crippen LogP contribution in [0.5, 0.6) is 5.75 Å². The summed E-state index contributed by atoms with van der Waals surface area (Å²) in [5.74, 6) is -0.190. The molecule has 0 bridgehead atoms. The van der Waals surface area contributed by atoms with Gasteiger partial charge in [-0.2, -0.15) is 0 Å². The number of hydrogen-bond acceptors (Lipinski definition) is 5. The molecular weight excluding hydrogens is 460 g/mol. The number of benzene rings is 1. The summed E-state index contributed by atoms with van der Waals surface area (Å²) in [5.41, 5.74) is 0.796. The first-order valence-electron chi connectivity index (χ1n) is 13.2. The van der Waals surface area contributed by atoms with E-state index in [2.05, 4.69) is 10.6 Å². The number of hydrogen-bond donors (Lipinski definition) is 3. The maximum absolute atomic E-state index is 13.6. The number of carbonyl (C=O) groups is 3. The summed E-state index contributed by atoms with van der Waals surface area (Å²) in [5, 5.41) is 15.8. The Balaban J connectivity index is 1.95. The number of ether oxygens (including phenoxy) is 1. The van der Waals surface area contributed by atoms with Crippen molar-refractivity contribution in [2.24, 2.45) is 11.8 Å². The lowest BCUT2D eigenvalue weighted by molar-refractivity contribution is -0.120. The molecule has 4 amide bonds. The Morgan fingerprint density at radius 1 is 1.19 bits per heavy atom. The van der Waals surface area contributed by atoms with Gasteiger partial charge in [0, 0.05) is 31.5 Å². The van der Waals surface area contributed by atoms with Gasteiger partial charge in [-0.05, 0) is 45.7 Å². The summed E-state index contributed by atoms with van der Waals surface area (Å²) in [6.07, 6.45) is 4.51. The maximum atomic E-state index is 13.6. The number of amides is 4. The van der Waals surface area contributed by atoms with Crippen molar-refractivity contribution in [1.82, 2.24) is 15.1 Å². The van der Waals surface area contributed by atoms with E-state index < -0.39 is 12.1 Å². The highest BCUT2D eigenvalue weighted by Gasteiger charge is 2.35. The number of aliphatic hydroxyl groups excluding tert-OH is 1. The van der Waals surface area contributed by atoms with E-state index in [-0.39, 0.29) is 42.3 Å². The van der Waals surface area contributed by atoms with Crippen LogP contribution in [0.1, 0.15) is 70.2 Å². The quantitative estimate of drug-likeness (QED) is 0.529. The van der Waals surface area contributed by atoms with Crippen LogP contribution in [-0.4, -0.2) is 77.7 Å². The molecule has 0 saturated heterocycles. The second-order valence-electron chi connectivity index (χ2n) is 10.6. The molecule has 1 heterocycles. The average Bonchev–Trinajstić information content (AvgIpc) is 2.86. The molecule has 3 N–H and O–H groups in total. The summed E-state index contributed by atoms with van der Waals surface area (Å²) in [6, 6.07) is 4.57. The summed E-state index contributed by atoms with van der Waals surface area (Å²) in [4.78, 5) is 42.5. The molecular formula is C27H42N4O5. The topological polar surface area (TPSA) is 111 Å². The molecule has 3 rings (SSSR count). The second-order valence-corrected chi connectivity index (χ2v) is 10.6. The Hall–Kier alpha value is -2.81. The summed E-state index contributed by atoms with van der Waals surface area (Å²) in [6.45, 7) is 8.06. The van der Waals surface area contributed by atoms with Crippen molar-refractivity contribution in [1.29, 1.82) is 0 Å². The Morgan fingerprint density at radius 2 is 1.89 bits per heavy atom. The van der Waals surface area contributed by atoms with Crippen molar-refractivity contribution in [2.45, 2.75) is 78.0 Å². The van der Waals surface area contributed by atoms with E-state index in [4.69, 9.17) is 4.74 Å². The minimum absolute atomic E-state index is 0.00327. The van der Waals surface area contributed by atoms with E-state index in [0.29, 0.717) is 30.1 Å². The van der Waals surface area contributed by atoms with Gasteiger partial charge in [-0.1, -0.05) is 32.3 Å². The SMILES string of the molecule is CC(C)NC(=O)N(C)C[C@H]1Oc2c(NC(=O)C3CCCCC3)cccc2C(=O)N([C@@H](C)CO)C[C@@H]1C. The zero-order valence-corrected chi connectivity index (χ0v) is 22.3. The number of urea groups is 1. The van der Waals surface area contributed by atoms with Gasteiger partial charge in [0.15, 0.2) is 5.75 Å². The van der Waals surface area contributed by atoms with Crippen LogP contribution in [0.2, 0.25) is 0 Å². The van der Waals surface area contributed by atoms with Gasteiger partial charge in [-0.15, -0.1) is 0 Å². The molecule has 1 aromatic carbocycles. The zero-order chi connectivity index (χ0) is 26.4. The minimum Gasteiger partial charge on any atom is -0.485 e. The first kappa shape index (κ1) is 27.8. The number of carbonyl (C=O) groups excluding carboxylic acids is 3. The lowest BCUT2D eigenvalue weighted by Crippen LogP contribution is -2.51. The molecule has 0 unspecified atom stereocenters. The number of anilines is 1. The van der Waals surface area contributed by atoms with Crippen LogP contribution >= 0.6 is 0 Å². The van der Waals surface area contributed by atoms with E-state index >= 15 is 0 Å². The average molecular weight is 503 g/mol. The molecule has 1 aliphatic carbocycles. The van der Waals surface area contributed by atoms with E-state index in [1.807, 2.05) is 20.8 Å². The van der Waals surface area contributed by atoms with Crippen LogP contribution in [0.25, 0.3) is 0 Å². The second kappa shape index (κ2) is 12.4. The van der Waals surface area contributed by atoms with Crippen LogP contribution in [0.15, 0.2) is 18.2 Å². The highest BCUT2D eigenvalue weighted by atomic mass is 16.5. The molecule has 200 valence electrons. The molecule has 36 heavy (non-hydrogen) atoms. The standard InChI is InChI=1S/C27H42N4O5/c1-17(2)28-27(35)30(5)15-23-18(3)14-31(19(4)16-32)26(34)21-12-9-13-22(24(21)36-23)29-25(33)20-10-7-6-8-11-20/h9,12-13,17-20,23,32H,6-8,10-11,14-16H2,1-5H3,(H,28,35)(H,29,33)/t18-,19-,23+/m0/s1. The van der Waals surface area contributed by atoms with Crippen molar-refractivity contribution in [3.05, 3.63) is 23.8 Å². The normalized spacial score (nSPS) is 21.6. The molecule has 1 aromatic rings. The van der Waals surface area contributed by atoms with Gasteiger partial charge < -0.3 is 30.3 Å². The van der Waals surface area contributed by atoms with E-state index in [1.54, 1.807) is 42.0 Å². The van der Waals surface area contributed by atoms with Gasteiger partial charge in [-0.25, -0.2) is 4.79 Å². The van der Waals surface area contributed by atoms with E-state index in [9.17, 15) is 19.5 Å². The molecule has 0 radical (unpaired) electrons. The van der Waals surface area contributed by atoms with Crippen molar-refractivity contribution in [3.63, 3.8) is 0 Å². The fourth-order valence-electron chi connectivity index (χ4n) is 4.87. The van der Waals surface area contributed by atoms with Crippen molar-refractivity contribution in [3.8, 4) is 5.75 Å². The Morgan fingerprint density at radius 3 is 2.53 bits per heavy atom. The molecule has 1 fully saturated rings. The molecule has 0 spiro atoms. The van der Waals surface area contributed by atoms with Gasteiger partial charge in [0.05, 0.1) is 30.4 Å². The fraction of sp³-hybridized carbons (Fsp3) is 0.667. The summed E-state index contributed by atoms with van der Waals surface area (Å²) in [7, 11) is 1.71. The third kappa shape index (κ3) is 6.69. The third-order valence-electron chi connectivity index (χ3n) is 7.14. The first-order chi connectivity index (χ1) is 17.1. The van der Waals surface area contributed by atoms with E-state index in [1.165, 1.54) is 0 Å². The van der Waals surface area contributed by atoms with Crippen molar-refractivity contribution in [2.75, 3.05) is 32.1 Å². The molecule has 1 saturated carbocycles. The summed E-state index contributed by atoms with van der Waals surface area (Å²) >= 11 is 0. The largest absolute Gasteiger partial charge is 0.485 e. The van der Waals surface area contributed by atoms with E-state index in [0.717, 1.165) is 32.1 Å². The molecule has 3 atom stereocenters. The number of nitrogens with zero attached hydrogens (tertiary/aromatic N) is 2. The highest BCUT2D eigenvalue weighted by molar-refractivity contribution is 6.02. The maximum Gasteiger partial charge on any atom is 0.317 e. The Bertz CT molecular complexity index is 931. The van der Waals surface area contributed by atoms with Gasteiger partial charge >= 0.3 is 6.03 Å². The number of likely N-dealkylation sites (N-methyl/N-ethyl adjacent to an activating group) is 1. The molecule has 9 heteroatoms. The Labute approximate surface area is 214 Å². The third-order valence-corrected chi connectivity index (χ3v) is 7.14. The predicted molar refractivity (Wildman–Crippen MR) is 139 cm³/mol.